The Bertz CT molecular complexity index is 1970. The quantitative estimate of drug-likeness (QED) is 0.314. The molecule has 5 aromatic rings. The summed E-state index contributed by atoms with van der Waals surface area (Å²) in [6, 6.07) is 5.60. The molecule has 0 aliphatic carbocycles. The maximum absolute atomic E-state index is 13.4. The lowest BCUT2D eigenvalue weighted by molar-refractivity contribution is -0.167. The molecular weight excluding hydrogens is 558 g/mol. The summed E-state index contributed by atoms with van der Waals surface area (Å²) >= 11 is 0.547. The Morgan fingerprint density at radius 3 is 1.26 bits per heavy atom. The van der Waals surface area contributed by atoms with Crippen molar-refractivity contribution < 1.29 is 35.9 Å². The predicted molar refractivity (Wildman–Crippen MR) is 131 cm³/mol. The zero-order valence-electron chi connectivity index (χ0n) is 18.6. The van der Waals surface area contributed by atoms with Crippen LogP contribution in [0.2, 0.25) is 0 Å². The first-order valence-corrected chi connectivity index (χ1v) is 11.3. The monoisotopic (exact) mass is 566 g/mol. The van der Waals surface area contributed by atoms with Crippen molar-refractivity contribution in [2.45, 2.75) is 12.4 Å². The van der Waals surface area contributed by atoms with E-state index < -0.39 is 78.8 Å². The first-order valence-electron chi connectivity index (χ1n) is 10.5. The summed E-state index contributed by atoms with van der Waals surface area (Å²) in [7, 11) is 0. The number of hydrogen-bond donors (Lipinski definition) is 2. The number of amides is 2. The van der Waals surface area contributed by atoms with Gasteiger partial charge in [-0.25, -0.2) is 0 Å². The number of halogens is 6. The molecule has 0 radical (unpaired) electrons. The Hall–Kier alpha value is -4.66. The zero-order chi connectivity index (χ0) is 28.6. The molecule has 0 aliphatic rings. The van der Waals surface area contributed by atoms with E-state index in [0.717, 1.165) is 36.4 Å². The minimum atomic E-state index is -5.24. The molecule has 0 unspecified atom stereocenters. The topological polar surface area (TPSA) is 126 Å². The van der Waals surface area contributed by atoms with Crippen LogP contribution in [0.4, 0.5) is 37.7 Å². The van der Waals surface area contributed by atoms with Gasteiger partial charge in [0.05, 0.1) is 20.2 Å². The van der Waals surface area contributed by atoms with Gasteiger partial charge in [-0.05, 0) is 36.4 Å². The van der Waals surface area contributed by atoms with Crippen molar-refractivity contribution in [1.82, 2.24) is 0 Å². The number of carbonyl (C=O) groups excluding carboxylic acids is 2. The van der Waals surface area contributed by atoms with Gasteiger partial charge >= 0.3 is 24.2 Å². The summed E-state index contributed by atoms with van der Waals surface area (Å²) < 4.78 is 75.2. The number of nitrogens with one attached hydrogen (secondary N) is 2. The molecule has 2 N–H and O–H groups in total. The van der Waals surface area contributed by atoms with Crippen molar-refractivity contribution in [3.63, 3.8) is 0 Å². The maximum Gasteiger partial charge on any atom is 0.471 e. The van der Waals surface area contributed by atoms with Crippen molar-refractivity contribution in [1.29, 1.82) is 0 Å². The average Bonchev–Trinajstić information content (AvgIpc) is 3.26. The van der Waals surface area contributed by atoms with Crippen LogP contribution in [0.15, 0.2) is 55.6 Å². The lowest BCUT2D eigenvalue weighted by Gasteiger charge is -2.08. The maximum atomic E-state index is 13.4. The number of alkyl halides is 6. The molecule has 5 rings (SSSR count). The third kappa shape index (κ3) is 4.10. The van der Waals surface area contributed by atoms with Crippen LogP contribution in [0.5, 0.6) is 0 Å². The van der Waals surface area contributed by atoms with Gasteiger partial charge in [-0.15, -0.1) is 11.3 Å². The number of thiophene rings is 1. The van der Waals surface area contributed by atoms with Crippen molar-refractivity contribution in [2.75, 3.05) is 10.6 Å². The highest BCUT2D eigenvalue weighted by Crippen LogP contribution is 2.30. The zero-order valence-corrected chi connectivity index (χ0v) is 19.4. The molecule has 198 valence electrons. The fourth-order valence-corrected chi connectivity index (χ4v) is 5.32. The standard InChI is InChI=1S/C24H8F6N2O6S/c25-23(26,27)21(37)31-7-1-3-9-11(5-7)15(33)13-14-16(34)12-6-8(32-22(38)24(28,29)30)2-4-10(12)18(36)20(14)39-19(13)17(9)35/h1-6H,(H,31,37)(H,32,38). The Morgan fingerprint density at radius 1 is 0.564 bits per heavy atom. The van der Waals surface area contributed by atoms with Crippen LogP contribution in [0, 0.1) is 0 Å². The second-order valence-corrected chi connectivity index (χ2v) is 9.27. The van der Waals surface area contributed by atoms with Crippen LogP contribution in [-0.4, -0.2) is 24.2 Å². The lowest BCUT2D eigenvalue weighted by atomic mass is 10.0. The van der Waals surface area contributed by atoms with Crippen LogP contribution < -0.4 is 32.3 Å². The summed E-state index contributed by atoms with van der Waals surface area (Å²) in [5, 5.41) is 0.729. The number of anilines is 2. The number of benzene rings is 4. The number of hydrogen-bond acceptors (Lipinski definition) is 7. The Kier molecular flexibility index (Phi) is 5.61. The highest BCUT2D eigenvalue weighted by Gasteiger charge is 2.39. The molecule has 2 amide bonds. The van der Waals surface area contributed by atoms with Crippen molar-refractivity contribution in [3.8, 4) is 0 Å². The van der Waals surface area contributed by atoms with Crippen molar-refractivity contribution in [2.24, 2.45) is 0 Å². The largest absolute Gasteiger partial charge is 0.471 e. The van der Waals surface area contributed by atoms with Crippen LogP contribution in [0.25, 0.3) is 41.7 Å². The highest BCUT2D eigenvalue weighted by atomic mass is 32.1. The average molecular weight is 566 g/mol. The smallest absolute Gasteiger partial charge is 0.318 e. The van der Waals surface area contributed by atoms with E-state index in [-0.39, 0.29) is 20.2 Å². The van der Waals surface area contributed by atoms with E-state index >= 15 is 0 Å². The summed E-state index contributed by atoms with van der Waals surface area (Å²) in [5.41, 5.74) is -4.55. The summed E-state index contributed by atoms with van der Waals surface area (Å²) in [4.78, 5) is 75.6. The predicted octanol–water partition coefficient (Wildman–Crippen LogP) is 3.68. The SMILES string of the molecule is O=C(Nc1ccc2c(=O)c3sc4c(=O)c5ccc(NC(=O)C(F)(F)F)cc5c(=O)c4c3c(=O)c2c1)C(F)(F)F. The van der Waals surface area contributed by atoms with E-state index in [2.05, 4.69) is 0 Å². The van der Waals surface area contributed by atoms with Gasteiger partial charge in [0.15, 0.2) is 10.9 Å². The van der Waals surface area contributed by atoms with Gasteiger partial charge in [0.25, 0.3) is 0 Å². The molecule has 4 aromatic carbocycles. The van der Waals surface area contributed by atoms with Gasteiger partial charge in [-0.1, -0.05) is 0 Å². The minimum Gasteiger partial charge on any atom is -0.318 e. The molecule has 0 aliphatic heterocycles. The van der Waals surface area contributed by atoms with E-state index in [9.17, 15) is 55.1 Å². The number of rotatable bonds is 2. The van der Waals surface area contributed by atoms with E-state index in [1.807, 2.05) is 0 Å². The second kappa shape index (κ2) is 8.42. The summed E-state index contributed by atoms with van der Waals surface area (Å²) in [6.45, 7) is 0. The number of fused-ring (bicyclic) bond motifs is 5. The molecule has 0 atom stereocenters. The summed E-state index contributed by atoms with van der Waals surface area (Å²) in [6.07, 6.45) is -10.5. The fourth-order valence-electron chi connectivity index (χ4n) is 4.12. The highest BCUT2D eigenvalue weighted by molar-refractivity contribution is 7.25. The third-order valence-corrected chi connectivity index (χ3v) is 7.01. The van der Waals surface area contributed by atoms with Crippen LogP contribution in [0.1, 0.15) is 0 Å². The van der Waals surface area contributed by atoms with Crippen LogP contribution in [-0.2, 0) is 9.59 Å². The van der Waals surface area contributed by atoms with Gasteiger partial charge < -0.3 is 10.6 Å². The van der Waals surface area contributed by atoms with Crippen LogP contribution in [0.3, 0.4) is 0 Å². The normalized spacial score (nSPS) is 12.5. The molecule has 8 nitrogen and oxygen atoms in total. The van der Waals surface area contributed by atoms with Gasteiger partial charge in [0.1, 0.15) is 0 Å². The first kappa shape index (κ1) is 26.0. The molecule has 15 heteroatoms. The molecule has 0 fully saturated rings. The molecule has 0 saturated heterocycles. The third-order valence-electron chi connectivity index (χ3n) is 5.82. The second-order valence-electron chi connectivity index (χ2n) is 8.25. The number of carbonyl (C=O) groups is 2. The Balaban J connectivity index is 1.80. The van der Waals surface area contributed by atoms with Gasteiger partial charge in [0, 0.05) is 32.9 Å². The van der Waals surface area contributed by atoms with Gasteiger partial charge in [-0.2, -0.15) is 26.3 Å². The molecule has 39 heavy (non-hydrogen) atoms. The molecular formula is C24H8F6N2O6S. The fraction of sp³-hybridized carbons (Fsp3) is 0.0833. The van der Waals surface area contributed by atoms with E-state index in [1.165, 1.54) is 0 Å². The molecule has 0 bridgehead atoms. The van der Waals surface area contributed by atoms with Crippen molar-refractivity contribution >= 4 is 76.2 Å². The Morgan fingerprint density at radius 2 is 0.923 bits per heavy atom. The van der Waals surface area contributed by atoms with Crippen LogP contribution >= 0.6 is 11.3 Å². The molecule has 1 aromatic heterocycles. The molecule has 0 saturated carbocycles. The van der Waals surface area contributed by atoms with E-state index in [4.69, 9.17) is 0 Å². The lowest BCUT2D eigenvalue weighted by Crippen LogP contribution is -2.30. The first-order chi connectivity index (χ1) is 18.1. The Labute approximate surface area is 212 Å². The summed E-state index contributed by atoms with van der Waals surface area (Å²) in [5.74, 6) is -4.67. The van der Waals surface area contributed by atoms with Gasteiger partial charge in [-0.3, -0.25) is 28.8 Å². The molecule has 1 heterocycles. The van der Waals surface area contributed by atoms with Crippen molar-refractivity contribution in [3.05, 3.63) is 77.3 Å². The van der Waals surface area contributed by atoms with E-state index in [0.29, 0.717) is 11.3 Å². The van der Waals surface area contributed by atoms with Gasteiger partial charge in [0.2, 0.25) is 10.9 Å². The van der Waals surface area contributed by atoms with E-state index in [1.54, 1.807) is 10.6 Å². The minimum absolute atomic E-state index is 0.245. The molecule has 0 spiro atoms.